The van der Waals surface area contributed by atoms with Gasteiger partial charge in [-0.2, -0.15) is 0 Å². The van der Waals surface area contributed by atoms with Crippen molar-refractivity contribution in [1.29, 1.82) is 0 Å². The minimum atomic E-state index is -0.523. The molecule has 5 rings (SSSR count). The van der Waals surface area contributed by atoms with Gasteiger partial charge in [0.25, 0.3) is 5.91 Å². The summed E-state index contributed by atoms with van der Waals surface area (Å²) in [6.07, 6.45) is 1.18. The van der Waals surface area contributed by atoms with Crippen molar-refractivity contribution in [1.82, 2.24) is 10.3 Å². The van der Waals surface area contributed by atoms with Gasteiger partial charge in [-0.1, -0.05) is 55.5 Å². The number of methoxy groups -OCH3 is 1. The summed E-state index contributed by atoms with van der Waals surface area (Å²) in [4.78, 5) is 31.8. The number of carbonyl (C=O) groups excluding carboxylic acids is 2. The smallest absolute Gasteiger partial charge is 0.256 e. The van der Waals surface area contributed by atoms with Gasteiger partial charge in [0.2, 0.25) is 0 Å². The molecule has 0 fully saturated rings. The van der Waals surface area contributed by atoms with Crippen LogP contribution in [0.5, 0.6) is 5.75 Å². The number of aromatic nitrogens is 1. The van der Waals surface area contributed by atoms with E-state index in [1.165, 1.54) is 11.3 Å². The fourth-order valence-electron chi connectivity index (χ4n) is 5.04. The molecule has 1 aromatic heterocycles. The fraction of sp³-hybridized carbons (Fsp3) is 0.296. The van der Waals surface area contributed by atoms with Gasteiger partial charge in [0, 0.05) is 34.5 Å². The van der Waals surface area contributed by atoms with Crippen molar-refractivity contribution in [2.75, 3.05) is 12.4 Å². The van der Waals surface area contributed by atoms with Crippen LogP contribution in [0.4, 0.5) is 5.13 Å². The zero-order chi connectivity index (χ0) is 24.0. The molecule has 34 heavy (non-hydrogen) atoms. The second-order valence-corrected chi connectivity index (χ2v) is 10.6. The maximum absolute atomic E-state index is 13.7. The number of carbonyl (C=O) groups is 2. The van der Waals surface area contributed by atoms with E-state index in [0.717, 1.165) is 33.6 Å². The molecule has 2 heterocycles. The second kappa shape index (κ2) is 8.40. The van der Waals surface area contributed by atoms with Crippen molar-refractivity contribution in [3.63, 3.8) is 0 Å². The standard InChI is InChI=1S/C27H27N3O3S/c1-15-22(25(32)30-26-29-17-10-6-8-12-21(17)34-26)23(16-9-5-7-11-20(16)33-4)24-18(28-15)13-27(2,3)14-19(24)31/h5-12,23,28H,13-14H2,1-4H3,(H,29,30,32). The minimum Gasteiger partial charge on any atom is -0.496 e. The molecule has 0 radical (unpaired) electrons. The van der Waals surface area contributed by atoms with Crippen molar-refractivity contribution in [2.24, 2.45) is 5.41 Å². The number of anilines is 1. The van der Waals surface area contributed by atoms with Crippen molar-refractivity contribution in [3.8, 4) is 5.75 Å². The normalized spacial score (nSPS) is 19.6. The Balaban J connectivity index is 1.61. The number of hydrogen-bond acceptors (Lipinski definition) is 6. The average Bonchev–Trinajstić information content (AvgIpc) is 3.19. The van der Waals surface area contributed by atoms with Crippen molar-refractivity contribution in [2.45, 2.75) is 39.5 Å². The molecule has 0 spiro atoms. The van der Waals surface area contributed by atoms with Gasteiger partial charge in [-0.05, 0) is 37.0 Å². The average molecular weight is 474 g/mol. The highest BCUT2D eigenvalue weighted by molar-refractivity contribution is 7.22. The van der Waals surface area contributed by atoms with Crippen LogP contribution in [-0.4, -0.2) is 23.8 Å². The van der Waals surface area contributed by atoms with Crippen LogP contribution >= 0.6 is 11.3 Å². The van der Waals surface area contributed by atoms with Gasteiger partial charge in [0.1, 0.15) is 5.75 Å². The molecule has 1 unspecified atom stereocenters. The number of hydrogen-bond donors (Lipinski definition) is 2. The molecule has 2 N–H and O–H groups in total. The zero-order valence-electron chi connectivity index (χ0n) is 19.7. The number of Topliss-reactive ketones (excluding diaryl/α,β-unsaturated/α-hetero) is 1. The van der Waals surface area contributed by atoms with E-state index in [9.17, 15) is 9.59 Å². The van der Waals surface area contributed by atoms with Crippen LogP contribution in [0.1, 0.15) is 45.1 Å². The van der Waals surface area contributed by atoms with Crippen molar-refractivity contribution >= 4 is 38.4 Å². The molecular weight excluding hydrogens is 446 g/mol. The van der Waals surface area contributed by atoms with E-state index in [4.69, 9.17) is 4.74 Å². The first kappa shape index (κ1) is 22.3. The van der Waals surface area contributed by atoms with Crippen LogP contribution in [0.25, 0.3) is 10.2 Å². The van der Waals surface area contributed by atoms with E-state index in [2.05, 4.69) is 29.5 Å². The maximum atomic E-state index is 13.7. The monoisotopic (exact) mass is 473 g/mol. The molecule has 7 heteroatoms. The molecule has 1 aliphatic carbocycles. The van der Waals surface area contributed by atoms with E-state index < -0.39 is 5.92 Å². The van der Waals surface area contributed by atoms with Crippen LogP contribution in [0.15, 0.2) is 71.1 Å². The lowest BCUT2D eigenvalue weighted by atomic mass is 9.68. The number of fused-ring (bicyclic) bond motifs is 1. The Morgan fingerprint density at radius 2 is 1.88 bits per heavy atom. The summed E-state index contributed by atoms with van der Waals surface area (Å²) in [7, 11) is 1.61. The number of ether oxygens (including phenoxy) is 1. The van der Waals surface area contributed by atoms with Gasteiger partial charge in [-0.3, -0.25) is 14.9 Å². The lowest BCUT2D eigenvalue weighted by Crippen LogP contribution is -2.39. The van der Waals surface area contributed by atoms with Crippen molar-refractivity contribution in [3.05, 3.63) is 76.6 Å². The molecule has 6 nitrogen and oxygen atoms in total. The first-order chi connectivity index (χ1) is 16.3. The van der Waals surface area contributed by atoms with E-state index >= 15 is 0 Å². The van der Waals surface area contributed by atoms with Crippen LogP contribution in [0.3, 0.4) is 0 Å². The van der Waals surface area contributed by atoms with E-state index in [0.29, 0.717) is 28.4 Å². The Morgan fingerprint density at radius 3 is 2.65 bits per heavy atom. The van der Waals surface area contributed by atoms with Crippen LogP contribution in [-0.2, 0) is 9.59 Å². The Labute approximate surface area is 202 Å². The Bertz CT molecular complexity index is 1350. The summed E-state index contributed by atoms with van der Waals surface area (Å²) in [5.74, 6) is -0.0843. The minimum absolute atomic E-state index is 0.0624. The molecule has 2 aliphatic rings. The highest BCUT2D eigenvalue weighted by atomic mass is 32.1. The summed E-state index contributed by atoms with van der Waals surface area (Å²) >= 11 is 1.43. The van der Waals surface area contributed by atoms with Crippen LogP contribution in [0, 0.1) is 5.41 Å². The molecule has 0 saturated heterocycles. The maximum Gasteiger partial charge on any atom is 0.256 e. The molecule has 2 aromatic carbocycles. The number of amides is 1. The molecule has 174 valence electrons. The highest BCUT2D eigenvalue weighted by Crippen LogP contribution is 2.48. The first-order valence-corrected chi connectivity index (χ1v) is 12.1. The largest absolute Gasteiger partial charge is 0.496 e. The summed E-state index contributed by atoms with van der Waals surface area (Å²) in [5.41, 5.74) is 4.30. The Hall–Kier alpha value is -3.45. The molecule has 1 atom stereocenters. The molecular formula is C27H27N3O3S. The third-order valence-electron chi connectivity index (χ3n) is 6.45. The number of allylic oxidation sites excluding steroid dienone is 3. The third-order valence-corrected chi connectivity index (χ3v) is 7.40. The number of para-hydroxylation sites is 2. The lowest BCUT2D eigenvalue weighted by Gasteiger charge is -2.39. The number of dihydropyridines is 1. The molecule has 3 aromatic rings. The summed E-state index contributed by atoms with van der Waals surface area (Å²) in [5, 5.41) is 6.92. The predicted octanol–water partition coefficient (Wildman–Crippen LogP) is 5.55. The molecule has 1 amide bonds. The van der Waals surface area contributed by atoms with Gasteiger partial charge < -0.3 is 10.1 Å². The van der Waals surface area contributed by atoms with Gasteiger partial charge in [-0.15, -0.1) is 0 Å². The van der Waals surface area contributed by atoms with Gasteiger partial charge >= 0.3 is 0 Å². The number of nitrogens with zero attached hydrogens (tertiary/aromatic N) is 1. The summed E-state index contributed by atoms with van der Waals surface area (Å²) in [6.45, 7) is 6.09. The Morgan fingerprint density at radius 1 is 1.15 bits per heavy atom. The SMILES string of the molecule is COc1ccccc1C1C(C(=O)Nc2nc3ccccc3s2)=C(C)NC2=C1C(=O)CC(C)(C)C2. The number of ketones is 1. The van der Waals surface area contributed by atoms with E-state index in [1.807, 2.05) is 55.5 Å². The van der Waals surface area contributed by atoms with E-state index in [-0.39, 0.29) is 17.1 Å². The third kappa shape index (κ3) is 3.90. The fourth-order valence-corrected chi connectivity index (χ4v) is 5.90. The molecule has 0 bridgehead atoms. The van der Waals surface area contributed by atoms with Gasteiger partial charge in [0.15, 0.2) is 10.9 Å². The molecule has 1 aliphatic heterocycles. The molecule has 0 saturated carbocycles. The zero-order valence-corrected chi connectivity index (χ0v) is 20.5. The van der Waals surface area contributed by atoms with Gasteiger partial charge in [-0.25, -0.2) is 4.98 Å². The van der Waals surface area contributed by atoms with Crippen LogP contribution < -0.4 is 15.4 Å². The van der Waals surface area contributed by atoms with Crippen LogP contribution in [0.2, 0.25) is 0 Å². The summed E-state index contributed by atoms with van der Waals surface area (Å²) in [6, 6.07) is 15.4. The Kier molecular flexibility index (Phi) is 5.52. The number of rotatable bonds is 4. The topological polar surface area (TPSA) is 80.3 Å². The highest BCUT2D eigenvalue weighted by Gasteiger charge is 2.43. The number of thiazole rings is 1. The van der Waals surface area contributed by atoms with Gasteiger partial charge in [0.05, 0.1) is 23.2 Å². The first-order valence-electron chi connectivity index (χ1n) is 11.3. The van der Waals surface area contributed by atoms with Crippen molar-refractivity contribution < 1.29 is 14.3 Å². The quantitative estimate of drug-likeness (QED) is 0.519. The van der Waals surface area contributed by atoms with E-state index in [1.54, 1.807) is 7.11 Å². The predicted molar refractivity (Wildman–Crippen MR) is 135 cm³/mol. The summed E-state index contributed by atoms with van der Waals surface area (Å²) < 4.78 is 6.66. The second-order valence-electron chi connectivity index (χ2n) is 9.61. The lowest BCUT2D eigenvalue weighted by molar-refractivity contribution is -0.118. The number of nitrogens with one attached hydrogen (secondary N) is 2. The number of benzene rings is 2.